The summed E-state index contributed by atoms with van der Waals surface area (Å²) in [5, 5.41) is 19.4. The van der Waals surface area contributed by atoms with Gasteiger partial charge in [-0.2, -0.15) is 0 Å². The van der Waals surface area contributed by atoms with Gasteiger partial charge in [-0.1, -0.05) is 59.9 Å². The molecule has 3 aromatic rings. The van der Waals surface area contributed by atoms with Gasteiger partial charge in [-0.05, 0) is 13.0 Å². The second-order valence-corrected chi connectivity index (χ2v) is 7.32. The van der Waals surface area contributed by atoms with E-state index in [1.165, 1.54) is 18.2 Å². The number of rotatable bonds is 3. The third-order valence-corrected chi connectivity index (χ3v) is 5.25. The molecule has 0 saturated carbocycles. The molecule has 1 N–H and O–H groups in total. The SMILES string of the molecule is Cc1nnc(N2C(=O)C(=O)C(=C(O)c3ccccc3)[C@@H]2c2ccccc2F)s1. The van der Waals surface area contributed by atoms with Crippen LogP contribution in [0.1, 0.15) is 22.2 Å². The lowest BCUT2D eigenvalue weighted by molar-refractivity contribution is -0.132. The summed E-state index contributed by atoms with van der Waals surface area (Å²) in [5.41, 5.74) is 0.261. The van der Waals surface area contributed by atoms with Crippen LogP contribution in [-0.4, -0.2) is 27.0 Å². The van der Waals surface area contributed by atoms with Gasteiger partial charge in [0.1, 0.15) is 22.6 Å². The quantitative estimate of drug-likeness (QED) is 0.416. The monoisotopic (exact) mass is 395 g/mol. The first-order chi connectivity index (χ1) is 13.5. The number of aromatic nitrogens is 2. The van der Waals surface area contributed by atoms with Crippen molar-refractivity contribution in [1.29, 1.82) is 0 Å². The molecule has 0 aliphatic carbocycles. The van der Waals surface area contributed by atoms with E-state index in [4.69, 9.17) is 0 Å². The highest BCUT2D eigenvalue weighted by molar-refractivity contribution is 7.15. The fraction of sp³-hybridized carbons (Fsp3) is 0.100. The van der Waals surface area contributed by atoms with Crippen molar-refractivity contribution in [2.24, 2.45) is 0 Å². The summed E-state index contributed by atoms with van der Waals surface area (Å²) in [6, 6.07) is 13.0. The Bertz CT molecular complexity index is 1110. The number of nitrogens with zero attached hydrogens (tertiary/aromatic N) is 3. The van der Waals surface area contributed by atoms with E-state index in [1.54, 1.807) is 43.3 Å². The van der Waals surface area contributed by atoms with Crippen molar-refractivity contribution >= 4 is 33.9 Å². The maximum Gasteiger partial charge on any atom is 0.301 e. The fourth-order valence-electron chi connectivity index (χ4n) is 3.16. The van der Waals surface area contributed by atoms with Crippen molar-refractivity contribution < 1.29 is 19.1 Å². The number of carbonyl (C=O) groups is 2. The number of aliphatic hydroxyl groups excluding tert-OH is 1. The molecular formula is C20H14FN3O3S. The van der Waals surface area contributed by atoms with Crippen LogP contribution in [0, 0.1) is 12.7 Å². The first-order valence-electron chi connectivity index (χ1n) is 8.40. The van der Waals surface area contributed by atoms with Crippen LogP contribution in [-0.2, 0) is 9.59 Å². The van der Waals surface area contributed by atoms with E-state index in [0.29, 0.717) is 10.6 Å². The highest BCUT2D eigenvalue weighted by atomic mass is 32.1. The van der Waals surface area contributed by atoms with Crippen molar-refractivity contribution in [3.05, 3.63) is 82.1 Å². The van der Waals surface area contributed by atoms with Gasteiger partial charge in [0.05, 0.1) is 5.57 Å². The molecular weight excluding hydrogens is 381 g/mol. The van der Waals surface area contributed by atoms with Crippen LogP contribution in [0.4, 0.5) is 9.52 Å². The maximum absolute atomic E-state index is 14.6. The molecule has 0 spiro atoms. The minimum atomic E-state index is -1.14. The Balaban J connectivity index is 1.98. The molecule has 1 saturated heterocycles. The van der Waals surface area contributed by atoms with E-state index in [1.807, 2.05) is 0 Å². The third-order valence-electron chi connectivity index (χ3n) is 4.41. The van der Waals surface area contributed by atoms with Gasteiger partial charge < -0.3 is 5.11 Å². The van der Waals surface area contributed by atoms with Crippen molar-refractivity contribution in [2.45, 2.75) is 13.0 Å². The number of hydrogen-bond acceptors (Lipinski definition) is 6. The Hall–Kier alpha value is -3.39. The second-order valence-electron chi connectivity index (χ2n) is 6.16. The molecule has 1 amide bonds. The summed E-state index contributed by atoms with van der Waals surface area (Å²) in [5.74, 6) is -2.75. The summed E-state index contributed by atoms with van der Waals surface area (Å²) >= 11 is 1.11. The molecule has 0 bridgehead atoms. The number of hydrogen-bond donors (Lipinski definition) is 1. The Morgan fingerprint density at radius 3 is 2.39 bits per heavy atom. The predicted octanol–water partition coefficient (Wildman–Crippen LogP) is 3.61. The highest BCUT2D eigenvalue weighted by Crippen LogP contribution is 2.43. The van der Waals surface area contributed by atoms with Crippen LogP contribution >= 0.6 is 11.3 Å². The van der Waals surface area contributed by atoms with Gasteiger partial charge in [0.2, 0.25) is 5.13 Å². The van der Waals surface area contributed by atoms with E-state index >= 15 is 0 Å². The largest absolute Gasteiger partial charge is 0.507 e. The molecule has 0 radical (unpaired) electrons. The Morgan fingerprint density at radius 1 is 1.07 bits per heavy atom. The van der Waals surface area contributed by atoms with E-state index in [-0.39, 0.29) is 22.0 Å². The summed E-state index contributed by atoms with van der Waals surface area (Å²) < 4.78 is 14.6. The van der Waals surface area contributed by atoms with Gasteiger partial charge in [-0.15, -0.1) is 10.2 Å². The van der Waals surface area contributed by atoms with E-state index in [2.05, 4.69) is 10.2 Å². The average molecular weight is 395 g/mol. The molecule has 0 unspecified atom stereocenters. The molecule has 1 aliphatic rings. The molecule has 6 nitrogen and oxygen atoms in total. The number of aryl methyl sites for hydroxylation is 1. The van der Waals surface area contributed by atoms with Crippen LogP contribution in [0.25, 0.3) is 5.76 Å². The molecule has 1 aromatic heterocycles. The van der Waals surface area contributed by atoms with Crippen molar-refractivity contribution in [3.8, 4) is 0 Å². The molecule has 140 valence electrons. The maximum atomic E-state index is 14.6. The van der Waals surface area contributed by atoms with Crippen LogP contribution in [0.5, 0.6) is 0 Å². The lowest BCUT2D eigenvalue weighted by atomic mass is 9.95. The van der Waals surface area contributed by atoms with E-state index < -0.39 is 23.5 Å². The number of benzene rings is 2. The van der Waals surface area contributed by atoms with Crippen molar-refractivity contribution in [1.82, 2.24) is 10.2 Å². The molecule has 28 heavy (non-hydrogen) atoms. The predicted molar refractivity (Wildman–Crippen MR) is 102 cm³/mol. The molecule has 1 aliphatic heterocycles. The summed E-state index contributed by atoms with van der Waals surface area (Å²) in [4.78, 5) is 26.7. The third kappa shape index (κ3) is 2.87. The fourth-order valence-corrected chi connectivity index (χ4v) is 3.87. The number of Topliss-reactive ketones (excluding diaryl/α,β-unsaturated/α-hetero) is 1. The Labute approximate surface area is 163 Å². The molecule has 1 atom stereocenters. The molecule has 1 fully saturated rings. The molecule has 2 heterocycles. The van der Waals surface area contributed by atoms with Gasteiger partial charge in [-0.25, -0.2) is 4.39 Å². The van der Waals surface area contributed by atoms with Gasteiger partial charge in [0.25, 0.3) is 5.78 Å². The average Bonchev–Trinajstić information content (AvgIpc) is 3.23. The van der Waals surface area contributed by atoms with Crippen molar-refractivity contribution in [2.75, 3.05) is 4.90 Å². The van der Waals surface area contributed by atoms with Crippen LogP contribution in [0.2, 0.25) is 0 Å². The normalized spacial score (nSPS) is 18.6. The second kappa shape index (κ2) is 6.97. The summed E-state index contributed by atoms with van der Waals surface area (Å²) in [6.45, 7) is 1.71. The highest BCUT2D eigenvalue weighted by Gasteiger charge is 2.49. The van der Waals surface area contributed by atoms with Gasteiger partial charge in [0.15, 0.2) is 0 Å². The van der Waals surface area contributed by atoms with E-state index in [9.17, 15) is 19.1 Å². The minimum Gasteiger partial charge on any atom is -0.507 e. The lowest BCUT2D eigenvalue weighted by Gasteiger charge is -2.22. The smallest absolute Gasteiger partial charge is 0.301 e. The topological polar surface area (TPSA) is 83.4 Å². The Morgan fingerprint density at radius 2 is 1.75 bits per heavy atom. The number of aliphatic hydroxyl groups is 1. The van der Waals surface area contributed by atoms with Gasteiger partial charge >= 0.3 is 5.91 Å². The first-order valence-corrected chi connectivity index (χ1v) is 9.21. The minimum absolute atomic E-state index is 0.0898. The molecule has 2 aromatic carbocycles. The standard InChI is InChI=1S/C20H14FN3O3S/c1-11-22-23-20(28-11)24-16(13-9-5-6-10-14(13)21)15(18(26)19(24)27)17(25)12-7-3-2-4-8-12/h2-10,16,25H,1H3/t16-/m0/s1. The zero-order chi connectivity index (χ0) is 19.8. The van der Waals surface area contributed by atoms with E-state index in [0.717, 1.165) is 16.2 Å². The number of amides is 1. The van der Waals surface area contributed by atoms with Crippen molar-refractivity contribution in [3.63, 3.8) is 0 Å². The van der Waals surface area contributed by atoms with Gasteiger partial charge in [-0.3, -0.25) is 14.5 Å². The lowest BCUT2D eigenvalue weighted by Crippen LogP contribution is -2.29. The zero-order valence-electron chi connectivity index (χ0n) is 14.7. The zero-order valence-corrected chi connectivity index (χ0v) is 15.5. The summed E-state index contributed by atoms with van der Waals surface area (Å²) in [6.07, 6.45) is 0. The molecule has 4 rings (SSSR count). The Kier molecular flexibility index (Phi) is 4.48. The van der Waals surface area contributed by atoms with Crippen LogP contribution < -0.4 is 4.90 Å². The van der Waals surface area contributed by atoms with Crippen LogP contribution in [0.15, 0.2) is 60.2 Å². The number of carbonyl (C=O) groups excluding carboxylic acids is 2. The number of halogens is 1. The first kappa shape index (κ1) is 18.0. The number of anilines is 1. The summed E-state index contributed by atoms with van der Waals surface area (Å²) in [7, 11) is 0. The van der Waals surface area contributed by atoms with Gasteiger partial charge in [0, 0.05) is 11.1 Å². The van der Waals surface area contributed by atoms with Crippen LogP contribution in [0.3, 0.4) is 0 Å². The molecule has 8 heteroatoms. The number of ketones is 1.